The smallest absolute Gasteiger partial charge is 0.256 e. The van der Waals surface area contributed by atoms with Crippen molar-refractivity contribution in [3.8, 4) is 0 Å². The van der Waals surface area contributed by atoms with E-state index >= 15 is 0 Å². The summed E-state index contributed by atoms with van der Waals surface area (Å²) in [7, 11) is 0. The number of nitrogens with one attached hydrogen (secondary N) is 1. The third kappa shape index (κ3) is 2.65. The second-order valence-corrected chi connectivity index (χ2v) is 6.95. The molecule has 0 aromatic heterocycles. The van der Waals surface area contributed by atoms with Crippen LogP contribution in [0.1, 0.15) is 17.5 Å². The van der Waals surface area contributed by atoms with Crippen LogP contribution in [0.5, 0.6) is 0 Å². The van der Waals surface area contributed by atoms with Gasteiger partial charge in [-0.25, -0.2) is 8.78 Å². The first-order chi connectivity index (χ1) is 11.6. The van der Waals surface area contributed by atoms with Gasteiger partial charge < -0.3 is 5.32 Å². The maximum absolute atomic E-state index is 13.9. The van der Waals surface area contributed by atoms with Crippen molar-refractivity contribution < 1.29 is 13.6 Å². The highest BCUT2D eigenvalue weighted by atomic mass is 32.2. The monoisotopic (exact) mass is 341 g/mol. The Labute approximate surface area is 142 Å². The van der Waals surface area contributed by atoms with Gasteiger partial charge in [-0.05, 0) is 24.6 Å². The number of hydrogen-bond donors (Lipinski definition) is 1. The van der Waals surface area contributed by atoms with Gasteiger partial charge in [0.25, 0.3) is 5.91 Å². The Hall–Kier alpha value is -2.40. The zero-order valence-corrected chi connectivity index (χ0v) is 13.4. The molecule has 1 atom stereocenters. The molecule has 0 radical (unpaired) electrons. The number of amides is 1. The van der Waals surface area contributed by atoms with Crippen LogP contribution in [0.25, 0.3) is 10.5 Å². The molecule has 0 saturated carbocycles. The lowest BCUT2D eigenvalue weighted by atomic mass is 10.1. The van der Waals surface area contributed by atoms with Crippen LogP contribution in [-0.2, 0) is 4.79 Å². The highest BCUT2D eigenvalue weighted by molar-refractivity contribution is 8.09. The molecule has 2 aromatic rings. The molecule has 24 heavy (non-hydrogen) atoms. The number of halogens is 2. The van der Waals surface area contributed by atoms with E-state index in [1.54, 1.807) is 0 Å². The molecule has 2 aromatic carbocycles. The molecule has 5 heteroatoms. The van der Waals surface area contributed by atoms with E-state index in [-0.39, 0.29) is 11.2 Å². The van der Waals surface area contributed by atoms with Gasteiger partial charge in [-0.2, -0.15) is 0 Å². The minimum absolute atomic E-state index is 0.0522. The fourth-order valence-corrected chi connectivity index (χ4v) is 4.15. The van der Waals surface area contributed by atoms with E-state index in [2.05, 4.69) is 5.32 Å². The zero-order valence-electron chi connectivity index (χ0n) is 12.6. The number of allylic oxidation sites excluding steroid dienone is 1. The van der Waals surface area contributed by atoms with Crippen LogP contribution in [0.15, 0.2) is 54.6 Å². The molecule has 2 aliphatic heterocycles. The van der Waals surface area contributed by atoms with Gasteiger partial charge in [-0.3, -0.25) is 4.79 Å². The Morgan fingerprint density at radius 3 is 2.79 bits per heavy atom. The summed E-state index contributed by atoms with van der Waals surface area (Å²) in [6, 6.07) is 11.2. The van der Waals surface area contributed by atoms with E-state index in [0.717, 1.165) is 22.2 Å². The first-order valence-corrected chi connectivity index (χ1v) is 8.44. The number of hydrogen-bond acceptors (Lipinski definition) is 2. The second kappa shape index (κ2) is 5.91. The number of benzene rings is 2. The highest BCUT2D eigenvalue weighted by Crippen LogP contribution is 2.43. The molecular weight excluding hydrogens is 328 g/mol. The third-order valence-electron chi connectivity index (χ3n) is 4.07. The Kier molecular flexibility index (Phi) is 3.73. The van der Waals surface area contributed by atoms with Crippen LogP contribution in [0.4, 0.5) is 14.5 Å². The Morgan fingerprint density at radius 1 is 1.12 bits per heavy atom. The standard InChI is InChI=1S/C19H13F2NOS/c20-11-5-7-14(16(21)9-11)18-8-6-12(24-18)10-15-13-3-1-2-4-17(13)22-19(15)23/h1-5,7-10,12H,6H2,(H,22,23)/b15-10-. The van der Waals surface area contributed by atoms with E-state index in [1.807, 2.05) is 36.4 Å². The molecule has 1 unspecified atom stereocenters. The van der Waals surface area contributed by atoms with Crippen LogP contribution in [0, 0.1) is 11.6 Å². The van der Waals surface area contributed by atoms with Crippen molar-refractivity contribution in [1.29, 1.82) is 0 Å². The van der Waals surface area contributed by atoms with Crippen LogP contribution >= 0.6 is 11.8 Å². The summed E-state index contributed by atoms with van der Waals surface area (Å²) < 4.78 is 27.0. The largest absolute Gasteiger partial charge is 0.321 e. The highest BCUT2D eigenvalue weighted by Gasteiger charge is 2.27. The predicted octanol–water partition coefficient (Wildman–Crippen LogP) is 4.85. The van der Waals surface area contributed by atoms with Crippen LogP contribution in [0.3, 0.4) is 0 Å². The fourth-order valence-electron chi connectivity index (χ4n) is 2.94. The summed E-state index contributed by atoms with van der Waals surface area (Å²) in [6.45, 7) is 0. The number of fused-ring (bicyclic) bond motifs is 1. The van der Waals surface area contributed by atoms with Crippen molar-refractivity contribution in [3.05, 3.63) is 77.4 Å². The third-order valence-corrected chi connectivity index (χ3v) is 5.34. The first kappa shape index (κ1) is 15.1. The normalized spacial score (nSPS) is 20.9. The number of anilines is 1. The molecule has 2 heterocycles. The Morgan fingerprint density at radius 2 is 1.96 bits per heavy atom. The van der Waals surface area contributed by atoms with Crippen molar-refractivity contribution in [2.45, 2.75) is 11.7 Å². The lowest BCUT2D eigenvalue weighted by Gasteiger charge is -2.08. The maximum Gasteiger partial charge on any atom is 0.256 e. The second-order valence-electron chi connectivity index (χ2n) is 5.66. The lowest BCUT2D eigenvalue weighted by Crippen LogP contribution is -2.05. The van der Waals surface area contributed by atoms with E-state index in [0.29, 0.717) is 17.6 Å². The molecule has 0 bridgehead atoms. The van der Waals surface area contributed by atoms with Gasteiger partial charge in [-0.1, -0.05) is 30.4 Å². The zero-order chi connectivity index (χ0) is 16.7. The average Bonchev–Trinajstić information content (AvgIpc) is 3.13. The van der Waals surface area contributed by atoms with Crippen molar-refractivity contribution in [2.75, 3.05) is 5.32 Å². The summed E-state index contributed by atoms with van der Waals surface area (Å²) in [6.07, 6.45) is 4.56. The molecule has 2 aliphatic rings. The van der Waals surface area contributed by atoms with Crippen molar-refractivity contribution in [3.63, 3.8) is 0 Å². The lowest BCUT2D eigenvalue weighted by molar-refractivity contribution is -0.110. The molecule has 2 nitrogen and oxygen atoms in total. The van der Waals surface area contributed by atoms with E-state index in [1.165, 1.54) is 23.9 Å². The topological polar surface area (TPSA) is 29.1 Å². The summed E-state index contributed by atoms with van der Waals surface area (Å²) in [4.78, 5) is 12.9. The van der Waals surface area contributed by atoms with E-state index in [4.69, 9.17) is 0 Å². The molecule has 4 rings (SSSR count). The summed E-state index contributed by atoms with van der Waals surface area (Å²) >= 11 is 1.49. The van der Waals surface area contributed by atoms with Gasteiger partial charge in [0, 0.05) is 38.6 Å². The minimum Gasteiger partial charge on any atom is -0.321 e. The van der Waals surface area contributed by atoms with E-state index in [9.17, 15) is 13.6 Å². The minimum atomic E-state index is -0.585. The van der Waals surface area contributed by atoms with Crippen LogP contribution in [-0.4, -0.2) is 11.2 Å². The molecular formula is C19H13F2NOS. The quantitative estimate of drug-likeness (QED) is 0.792. The predicted molar refractivity (Wildman–Crippen MR) is 93.4 cm³/mol. The van der Waals surface area contributed by atoms with Gasteiger partial charge in [0.05, 0.1) is 0 Å². The van der Waals surface area contributed by atoms with Gasteiger partial charge in [0.1, 0.15) is 11.6 Å². The number of para-hydroxylation sites is 1. The first-order valence-electron chi connectivity index (χ1n) is 7.56. The number of thioether (sulfide) groups is 1. The number of carbonyl (C=O) groups is 1. The Balaban J connectivity index is 1.58. The molecule has 120 valence electrons. The van der Waals surface area contributed by atoms with Gasteiger partial charge in [-0.15, -0.1) is 11.8 Å². The molecule has 1 N–H and O–H groups in total. The SMILES string of the molecule is O=C1Nc2ccccc2/C1=C/C1CC=C(c2ccc(F)cc2F)S1. The summed E-state index contributed by atoms with van der Waals surface area (Å²) in [5.41, 5.74) is 2.76. The number of carbonyl (C=O) groups excluding carboxylic acids is 1. The summed E-state index contributed by atoms with van der Waals surface area (Å²) in [5, 5.41) is 2.90. The van der Waals surface area contributed by atoms with E-state index < -0.39 is 11.6 Å². The van der Waals surface area contributed by atoms with Crippen molar-refractivity contribution in [1.82, 2.24) is 0 Å². The maximum atomic E-state index is 13.9. The van der Waals surface area contributed by atoms with Crippen molar-refractivity contribution in [2.24, 2.45) is 0 Å². The molecule has 0 fully saturated rings. The van der Waals surface area contributed by atoms with Gasteiger partial charge in [0.15, 0.2) is 0 Å². The molecule has 0 saturated heterocycles. The van der Waals surface area contributed by atoms with Crippen LogP contribution < -0.4 is 5.32 Å². The summed E-state index contributed by atoms with van der Waals surface area (Å²) in [5.74, 6) is -1.26. The van der Waals surface area contributed by atoms with Gasteiger partial charge in [0.2, 0.25) is 0 Å². The van der Waals surface area contributed by atoms with Crippen LogP contribution in [0.2, 0.25) is 0 Å². The molecule has 0 spiro atoms. The Bertz CT molecular complexity index is 904. The van der Waals surface area contributed by atoms with Gasteiger partial charge >= 0.3 is 0 Å². The number of rotatable bonds is 2. The molecule has 0 aliphatic carbocycles. The van der Waals surface area contributed by atoms with Crippen molar-refractivity contribution >= 4 is 33.8 Å². The fraction of sp³-hybridized carbons (Fsp3) is 0.105. The average molecular weight is 341 g/mol. The molecule has 1 amide bonds.